The maximum absolute atomic E-state index is 4.95. The quantitative estimate of drug-likeness (QED) is 0.399. The Bertz CT molecular complexity index is 1180. The predicted molar refractivity (Wildman–Crippen MR) is 120 cm³/mol. The molecule has 0 atom stereocenters. The van der Waals surface area contributed by atoms with Gasteiger partial charge in [-0.05, 0) is 56.0 Å². The molecule has 0 bridgehead atoms. The van der Waals surface area contributed by atoms with Gasteiger partial charge in [0.05, 0.1) is 5.52 Å². The number of aryl methyl sites for hydroxylation is 3. The predicted octanol–water partition coefficient (Wildman–Crippen LogP) is 5.74. The largest absolute Gasteiger partial charge is 0.253 e. The molecule has 0 radical (unpaired) electrons. The standard InChI is InChI=1S/C25H26N4/c1-4-18(2)8-7-9-20-11-12-21-13-14-22(26-25(21)19(20)3)15-16-23-27-24-10-5-6-17-29(24)28-23/h5-14,17H,4,15-16H2,1-3H3/b9-7-,18-8+. The first kappa shape index (κ1) is 19.1. The molecule has 0 aliphatic rings. The number of hydrogen-bond donors (Lipinski definition) is 0. The van der Waals surface area contributed by atoms with Crippen LogP contribution in [0.3, 0.4) is 0 Å². The third kappa shape index (κ3) is 4.27. The zero-order valence-electron chi connectivity index (χ0n) is 17.3. The Morgan fingerprint density at radius 1 is 1.03 bits per heavy atom. The molecule has 146 valence electrons. The van der Waals surface area contributed by atoms with Crippen molar-refractivity contribution in [2.45, 2.75) is 40.0 Å². The molecule has 3 aromatic heterocycles. The van der Waals surface area contributed by atoms with Gasteiger partial charge >= 0.3 is 0 Å². The zero-order valence-corrected chi connectivity index (χ0v) is 17.3. The first-order valence-corrected chi connectivity index (χ1v) is 10.2. The summed E-state index contributed by atoms with van der Waals surface area (Å²) in [4.78, 5) is 9.54. The summed E-state index contributed by atoms with van der Waals surface area (Å²) in [5.74, 6) is 0.851. The molecular formula is C25H26N4. The van der Waals surface area contributed by atoms with Crippen LogP contribution in [0.1, 0.15) is 42.9 Å². The second-order valence-electron chi connectivity index (χ2n) is 7.41. The van der Waals surface area contributed by atoms with E-state index in [1.807, 2.05) is 28.9 Å². The Morgan fingerprint density at radius 2 is 1.90 bits per heavy atom. The van der Waals surface area contributed by atoms with Crippen molar-refractivity contribution in [3.63, 3.8) is 0 Å². The van der Waals surface area contributed by atoms with E-state index >= 15 is 0 Å². The highest BCUT2D eigenvalue weighted by Gasteiger charge is 2.07. The number of aromatic nitrogens is 4. The minimum absolute atomic E-state index is 0.778. The van der Waals surface area contributed by atoms with Gasteiger partial charge in [-0.15, -0.1) is 0 Å². The van der Waals surface area contributed by atoms with Crippen molar-refractivity contribution < 1.29 is 0 Å². The van der Waals surface area contributed by atoms with Gasteiger partial charge < -0.3 is 0 Å². The second-order valence-corrected chi connectivity index (χ2v) is 7.41. The molecule has 1 aromatic carbocycles. The molecule has 0 aliphatic carbocycles. The van der Waals surface area contributed by atoms with Crippen LogP contribution in [0.15, 0.2) is 66.4 Å². The number of fused-ring (bicyclic) bond motifs is 2. The Morgan fingerprint density at radius 3 is 2.72 bits per heavy atom. The van der Waals surface area contributed by atoms with E-state index in [4.69, 9.17) is 4.98 Å². The van der Waals surface area contributed by atoms with Gasteiger partial charge in [-0.2, -0.15) is 5.10 Å². The fraction of sp³-hybridized carbons (Fsp3) is 0.240. The van der Waals surface area contributed by atoms with Crippen LogP contribution in [0, 0.1) is 6.92 Å². The van der Waals surface area contributed by atoms with Gasteiger partial charge in [0, 0.05) is 23.7 Å². The molecule has 29 heavy (non-hydrogen) atoms. The van der Waals surface area contributed by atoms with Gasteiger partial charge in [0.1, 0.15) is 0 Å². The molecule has 0 aliphatic heterocycles. The normalized spacial score (nSPS) is 12.4. The lowest BCUT2D eigenvalue weighted by Gasteiger charge is -2.07. The van der Waals surface area contributed by atoms with Crippen LogP contribution in [0.4, 0.5) is 0 Å². The third-order valence-corrected chi connectivity index (χ3v) is 5.32. The highest BCUT2D eigenvalue weighted by molar-refractivity contribution is 5.85. The van der Waals surface area contributed by atoms with Crippen LogP contribution >= 0.6 is 0 Å². The Balaban J connectivity index is 1.56. The van der Waals surface area contributed by atoms with E-state index in [2.05, 4.69) is 73.3 Å². The fourth-order valence-electron chi connectivity index (χ4n) is 3.36. The number of hydrogen-bond acceptors (Lipinski definition) is 3. The van der Waals surface area contributed by atoms with Gasteiger partial charge in [-0.3, -0.25) is 4.98 Å². The van der Waals surface area contributed by atoms with Crippen molar-refractivity contribution in [3.05, 3.63) is 89.0 Å². The summed E-state index contributed by atoms with van der Waals surface area (Å²) < 4.78 is 1.82. The Kier molecular flexibility index (Phi) is 5.52. The second kappa shape index (κ2) is 8.39. The Labute approximate surface area is 171 Å². The van der Waals surface area contributed by atoms with E-state index in [0.29, 0.717) is 0 Å². The number of nitrogens with zero attached hydrogens (tertiary/aromatic N) is 4. The van der Waals surface area contributed by atoms with Crippen molar-refractivity contribution in [1.29, 1.82) is 0 Å². The van der Waals surface area contributed by atoms with Gasteiger partial charge in [0.2, 0.25) is 0 Å². The molecule has 0 amide bonds. The molecule has 4 rings (SSSR count). The van der Waals surface area contributed by atoms with Crippen LogP contribution in [0.5, 0.6) is 0 Å². The van der Waals surface area contributed by atoms with E-state index in [1.165, 1.54) is 22.1 Å². The molecule has 4 nitrogen and oxygen atoms in total. The van der Waals surface area contributed by atoms with Crippen molar-refractivity contribution in [2.24, 2.45) is 0 Å². The number of rotatable bonds is 6. The van der Waals surface area contributed by atoms with Crippen molar-refractivity contribution >= 4 is 22.6 Å². The van der Waals surface area contributed by atoms with Gasteiger partial charge in [-0.1, -0.05) is 55.0 Å². The average molecular weight is 383 g/mol. The maximum atomic E-state index is 4.95. The molecule has 0 N–H and O–H groups in total. The smallest absolute Gasteiger partial charge is 0.155 e. The number of allylic oxidation sites excluding steroid dienone is 3. The molecule has 4 heteroatoms. The highest BCUT2D eigenvalue weighted by Crippen LogP contribution is 2.22. The lowest BCUT2D eigenvalue weighted by molar-refractivity contribution is 0.823. The van der Waals surface area contributed by atoms with Crippen LogP contribution in [-0.4, -0.2) is 19.6 Å². The van der Waals surface area contributed by atoms with Crippen LogP contribution in [0.25, 0.3) is 22.6 Å². The minimum atomic E-state index is 0.778. The molecule has 4 aromatic rings. The molecular weight excluding hydrogens is 356 g/mol. The summed E-state index contributed by atoms with van der Waals surface area (Å²) in [5, 5.41) is 5.72. The SMILES string of the molecule is CC/C(C)=C/C=C\c1ccc2ccc(CCc3nc4ccccn4n3)nc2c1C. The Hall–Kier alpha value is -3.27. The average Bonchev–Trinajstić information content (AvgIpc) is 3.17. The summed E-state index contributed by atoms with van der Waals surface area (Å²) in [7, 11) is 0. The summed E-state index contributed by atoms with van der Waals surface area (Å²) >= 11 is 0. The van der Waals surface area contributed by atoms with Crippen molar-refractivity contribution in [1.82, 2.24) is 19.6 Å². The van der Waals surface area contributed by atoms with Crippen LogP contribution in [0.2, 0.25) is 0 Å². The van der Waals surface area contributed by atoms with E-state index < -0.39 is 0 Å². The van der Waals surface area contributed by atoms with Gasteiger partial charge in [-0.25, -0.2) is 9.50 Å². The zero-order chi connectivity index (χ0) is 20.2. The van der Waals surface area contributed by atoms with Crippen molar-refractivity contribution in [3.8, 4) is 0 Å². The first-order chi connectivity index (χ1) is 14.1. The minimum Gasteiger partial charge on any atom is -0.253 e. The molecule has 3 heterocycles. The molecule has 0 saturated heterocycles. The fourth-order valence-corrected chi connectivity index (χ4v) is 3.36. The number of benzene rings is 1. The number of pyridine rings is 2. The van der Waals surface area contributed by atoms with E-state index in [-0.39, 0.29) is 0 Å². The lowest BCUT2D eigenvalue weighted by atomic mass is 10.0. The van der Waals surface area contributed by atoms with Gasteiger partial charge in [0.15, 0.2) is 11.5 Å². The van der Waals surface area contributed by atoms with Gasteiger partial charge in [0.25, 0.3) is 0 Å². The highest BCUT2D eigenvalue weighted by atomic mass is 15.3. The van der Waals surface area contributed by atoms with E-state index in [0.717, 1.165) is 41.9 Å². The summed E-state index contributed by atoms with van der Waals surface area (Å²) in [6.07, 6.45) is 11.1. The third-order valence-electron chi connectivity index (χ3n) is 5.32. The lowest BCUT2D eigenvalue weighted by Crippen LogP contribution is -1.98. The first-order valence-electron chi connectivity index (χ1n) is 10.2. The monoisotopic (exact) mass is 382 g/mol. The summed E-state index contributed by atoms with van der Waals surface area (Å²) in [5.41, 5.74) is 6.83. The van der Waals surface area contributed by atoms with Crippen LogP contribution in [-0.2, 0) is 12.8 Å². The van der Waals surface area contributed by atoms with Crippen molar-refractivity contribution in [2.75, 3.05) is 0 Å². The molecule has 0 unspecified atom stereocenters. The van der Waals surface area contributed by atoms with E-state index in [1.54, 1.807) is 0 Å². The summed E-state index contributed by atoms with van der Waals surface area (Å²) in [6.45, 7) is 6.48. The molecule has 0 saturated carbocycles. The van der Waals surface area contributed by atoms with Crippen LogP contribution < -0.4 is 0 Å². The summed E-state index contributed by atoms with van der Waals surface area (Å²) in [6, 6.07) is 14.5. The maximum Gasteiger partial charge on any atom is 0.155 e. The van der Waals surface area contributed by atoms with E-state index in [9.17, 15) is 0 Å². The topological polar surface area (TPSA) is 43.1 Å². The molecule has 0 fully saturated rings. The molecule has 0 spiro atoms.